The second kappa shape index (κ2) is 5.83. The van der Waals surface area contributed by atoms with Crippen molar-refractivity contribution in [3.63, 3.8) is 0 Å². The van der Waals surface area contributed by atoms with E-state index in [1.807, 2.05) is 23.6 Å². The molecule has 0 saturated heterocycles. The van der Waals surface area contributed by atoms with Crippen molar-refractivity contribution in [3.05, 3.63) is 39.6 Å². The smallest absolute Gasteiger partial charge is 0.346 e. The third-order valence-electron chi connectivity index (χ3n) is 2.59. The minimum atomic E-state index is -1.19. The number of carbonyl (C=O) groups is 1. The lowest BCUT2D eigenvalue weighted by Gasteiger charge is -1.95. The van der Waals surface area contributed by atoms with Crippen molar-refractivity contribution < 1.29 is 9.90 Å². The molecule has 0 atom stereocenters. The van der Waals surface area contributed by atoms with Crippen LogP contribution in [-0.2, 0) is 11.2 Å². The van der Waals surface area contributed by atoms with Crippen LogP contribution < -0.4 is 0 Å². The van der Waals surface area contributed by atoms with Crippen LogP contribution in [0.1, 0.15) is 17.4 Å². The summed E-state index contributed by atoms with van der Waals surface area (Å²) in [6.45, 7) is 2.06. The van der Waals surface area contributed by atoms with Gasteiger partial charge in [0.05, 0.1) is 0 Å². The fourth-order valence-electron chi connectivity index (χ4n) is 1.68. The molecule has 0 bridgehead atoms. The molecule has 19 heavy (non-hydrogen) atoms. The van der Waals surface area contributed by atoms with Gasteiger partial charge in [-0.1, -0.05) is 13.0 Å². The average molecular weight is 289 g/mol. The first kappa shape index (κ1) is 13.5. The van der Waals surface area contributed by atoms with E-state index in [4.69, 9.17) is 10.4 Å². The first-order chi connectivity index (χ1) is 9.15. The number of nitriles is 1. The number of aryl methyl sites for hydroxylation is 1. The molecule has 2 aromatic rings. The first-order valence-electron chi connectivity index (χ1n) is 5.67. The Morgan fingerprint density at radius 3 is 2.89 bits per heavy atom. The van der Waals surface area contributed by atoms with Crippen LogP contribution in [0.5, 0.6) is 0 Å². The maximum Gasteiger partial charge on any atom is 0.346 e. The summed E-state index contributed by atoms with van der Waals surface area (Å²) in [5.74, 6) is -1.19. The molecular formula is C14H11NO2S2. The minimum absolute atomic E-state index is 0.235. The van der Waals surface area contributed by atoms with Gasteiger partial charge in [-0.15, -0.1) is 22.7 Å². The molecule has 0 fully saturated rings. The van der Waals surface area contributed by atoms with Crippen LogP contribution in [-0.4, -0.2) is 11.1 Å². The van der Waals surface area contributed by atoms with Gasteiger partial charge in [-0.3, -0.25) is 0 Å². The Bertz CT molecular complexity index is 660. The van der Waals surface area contributed by atoms with E-state index in [0.29, 0.717) is 0 Å². The maximum atomic E-state index is 10.8. The third kappa shape index (κ3) is 2.92. The van der Waals surface area contributed by atoms with Crippen LogP contribution in [0.15, 0.2) is 29.2 Å². The number of carboxylic acids is 1. The van der Waals surface area contributed by atoms with Crippen molar-refractivity contribution >= 4 is 34.7 Å². The summed E-state index contributed by atoms with van der Waals surface area (Å²) in [5.41, 5.74) is 0.947. The second-order valence-electron chi connectivity index (χ2n) is 3.81. The fraction of sp³-hybridized carbons (Fsp3) is 0.143. The van der Waals surface area contributed by atoms with Crippen LogP contribution >= 0.6 is 22.7 Å². The number of nitrogens with zero attached hydrogens (tertiary/aromatic N) is 1. The Kier molecular flexibility index (Phi) is 4.15. The SMILES string of the molecule is CCc1cc(C=C(C#N)C(=O)O)sc1-c1cccs1. The molecule has 0 aliphatic rings. The Morgan fingerprint density at radius 2 is 2.37 bits per heavy atom. The number of carboxylic acid groups (broad SMARTS) is 1. The second-order valence-corrected chi connectivity index (χ2v) is 5.84. The Balaban J connectivity index is 2.46. The van der Waals surface area contributed by atoms with Gasteiger partial charge < -0.3 is 5.11 Å². The van der Waals surface area contributed by atoms with Gasteiger partial charge in [-0.05, 0) is 35.6 Å². The van der Waals surface area contributed by atoms with E-state index in [2.05, 4.69) is 6.92 Å². The van der Waals surface area contributed by atoms with Gasteiger partial charge in [0.2, 0.25) is 0 Å². The van der Waals surface area contributed by atoms with Crippen molar-refractivity contribution in [1.82, 2.24) is 0 Å². The molecule has 0 radical (unpaired) electrons. The van der Waals surface area contributed by atoms with Crippen LogP contribution in [0.3, 0.4) is 0 Å². The molecule has 0 aromatic carbocycles. The average Bonchev–Trinajstić information content (AvgIpc) is 3.03. The summed E-state index contributed by atoms with van der Waals surface area (Å²) in [5, 5.41) is 19.7. The van der Waals surface area contributed by atoms with Crippen LogP contribution in [0, 0.1) is 11.3 Å². The molecule has 2 aromatic heterocycles. The van der Waals surface area contributed by atoms with E-state index in [1.54, 1.807) is 17.4 Å². The summed E-state index contributed by atoms with van der Waals surface area (Å²) in [6.07, 6.45) is 2.32. The molecule has 1 N–H and O–H groups in total. The summed E-state index contributed by atoms with van der Waals surface area (Å²) < 4.78 is 0. The van der Waals surface area contributed by atoms with Crippen LogP contribution in [0.2, 0.25) is 0 Å². The largest absolute Gasteiger partial charge is 0.477 e. The van der Waals surface area contributed by atoms with Gasteiger partial charge in [0, 0.05) is 14.6 Å². The molecule has 0 aliphatic carbocycles. The van der Waals surface area contributed by atoms with Crippen molar-refractivity contribution in [2.45, 2.75) is 13.3 Å². The van der Waals surface area contributed by atoms with E-state index in [-0.39, 0.29) is 5.57 Å². The number of hydrogen-bond acceptors (Lipinski definition) is 4. The van der Waals surface area contributed by atoms with Crippen molar-refractivity contribution in [2.75, 3.05) is 0 Å². The predicted octanol–water partition coefficient (Wildman–Crippen LogP) is 4.03. The summed E-state index contributed by atoms with van der Waals surface area (Å²) >= 11 is 3.18. The lowest BCUT2D eigenvalue weighted by molar-refractivity contribution is -0.132. The molecule has 3 nitrogen and oxygen atoms in total. The zero-order valence-electron chi connectivity index (χ0n) is 10.2. The topological polar surface area (TPSA) is 61.1 Å². The molecule has 2 rings (SSSR count). The molecule has 2 heterocycles. The molecule has 0 aliphatic heterocycles. The predicted molar refractivity (Wildman–Crippen MR) is 78.2 cm³/mol. The molecule has 0 unspecified atom stereocenters. The highest BCUT2D eigenvalue weighted by Gasteiger charge is 2.12. The standard InChI is InChI=1S/C14H11NO2S2/c1-2-9-6-11(7-10(8-15)14(16)17)19-13(9)12-4-3-5-18-12/h3-7H,2H2,1H3,(H,16,17). The van der Waals surface area contributed by atoms with Crippen LogP contribution in [0.4, 0.5) is 0 Å². The zero-order valence-corrected chi connectivity index (χ0v) is 11.8. The Morgan fingerprint density at radius 1 is 1.58 bits per heavy atom. The molecule has 5 heteroatoms. The Labute approximate surface area is 119 Å². The highest BCUT2D eigenvalue weighted by Crippen LogP contribution is 2.36. The number of aliphatic carboxylic acids is 1. The molecule has 96 valence electrons. The van der Waals surface area contributed by atoms with Gasteiger partial charge in [-0.25, -0.2) is 4.79 Å². The number of hydrogen-bond donors (Lipinski definition) is 1. The van der Waals surface area contributed by atoms with E-state index < -0.39 is 5.97 Å². The Hall–Kier alpha value is -1.90. The summed E-state index contributed by atoms with van der Waals surface area (Å²) in [6, 6.07) is 7.70. The fourth-order valence-corrected chi connectivity index (χ4v) is 3.77. The monoisotopic (exact) mass is 289 g/mol. The van der Waals surface area contributed by atoms with Crippen molar-refractivity contribution in [3.8, 4) is 15.8 Å². The van der Waals surface area contributed by atoms with Gasteiger partial charge in [0.15, 0.2) is 0 Å². The molecule has 0 amide bonds. The summed E-state index contributed by atoms with van der Waals surface area (Å²) in [7, 11) is 0. The summed E-state index contributed by atoms with van der Waals surface area (Å²) in [4.78, 5) is 14.0. The molecular weight excluding hydrogens is 278 g/mol. The molecule has 0 saturated carbocycles. The van der Waals surface area contributed by atoms with Crippen molar-refractivity contribution in [2.24, 2.45) is 0 Å². The zero-order chi connectivity index (χ0) is 13.8. The van der Waals surface area contributed by atoms with E-state index in [0.717, 1.165) is 16.2 Å². The lowest BCUT2D eigenvalue weighted by Crippen LogP contribution is -1.96. The van der Waals surface area contributed by atoms with Gasteiger partial charge in [0.25, 0.3) is 0 Å². The molecule has 0 spiro atoms. The number of rotatable bonds is 4. The quantitative estimate of drug-likeness (QED) is 0.682. The van der Waals surface area contributed by atoms with Gasteiger partial charge in [0.1, 0.15) is 11.6 Å². The maximum absolute atomic E-state index is 10.8. The van der Waals surface area contributed by atoms with Crippen LogP contribution in [0.25, 0.3) is 15.8 Å². The number of thiophene rings is 2. The van der Waals surface area contributed by atoms with Crippen molar-refractivity contribution in [1.29, 1.82) is 5.26 Å². The van der Waals surface area contributed by atoms with E-state index in [1.165, 1.54) is 27.9 Å². The van der Waals surface area contributed by atoms with Gasteiger partial charge >= 0.3 is 5.97 Å². The normalized spacial score (nSPS) is 11.3. The highest BCUT2D eigenvalue weighted by molar-refractivity contribution is 7.22. The van der Waals surface area contributed by atoms with E-state index in [9.17, 15) is 4.79 Å². The van der Waals surface area contributed by atoms with E-state index >= 15 is 0 Å². The lowest BCUT2D eigenvalue weighted by atomic mass is 10.1. The first-order valence-corrected chi connectivity index (χ1v) is 7.37. The minimum Gasteiger partial charge on any atom is -0.477 e. The highest BCUT2D eigenvalue weighted by atomic mass is 32.1. The van der Waals surface area contributed by atoms with Gasteiger partial charge in [-0.2, -0.15) is 5.26 Å². The third-order valence-corrected chi connectivity index (χ3v) is 4.77.